The van der Waals surface area contributed by atoms with Crippen LogP contribution in [-0.2, 0) is 14.3 Å². The SMILES string of the molecule is CC(C)CC(OC(=O)C(C)(C)C)C(N)C(=O)C(C)(C)C. The zero-order valence-corrected chi connectivity index (χ0v) is 14.2. The minimum absolute atomic E-state index is 0.0788. The fourth-order valence-electron chi connectivity index (χ4n) is 1.72. The topological polar surface area (TPSA) is 69.4 Å². The molecule has 0 heterocycles. The van der Waals surface area contributed by atoms with E-state index in [1.165, 1.54) is 0 Å². The molecule has 0 aromatic rings. The van der Waals surface area contributed by atoms with Crippen molar-refractivity contribution in [2.24, 2.45) is 22.5 Å². The number of nitrogens with two attached hydrogens (primary N) is 1. The fraction of sp³-hybridized carbons (Fsp3) is 0.875. The lowest BCUT2D eigenvalue weighted by molar-refractivity contribution is -0.161. The van der Waals surface area contributed by atoms with Gasteiger partial charge in [0.05, 0.1) is 5.41 Å². The van der Waals surface area contributed by atoms with Crippen molar-refractivity contribution in [3.8, 4) is 0 Å². The first-order valence-corrected chi connectivity index (χ1v) is 7.27. The Morgan fingerprint density at radius 3 is 1.75 bits per heavy atom. The van der Waals surface area contributed by atoms with Gasteiger partial charge in [0.2, 0.25) is 0 Å². The minimum Gasteiger partial charge on any atom is -0.460 e. The summed E-state index contributed by atoms with van der Waals surface area (Å²) in [4.78, 5) is 24.3. The van der Waals surface area contributed by atoms with Gasteiger partial charge in [-0.1, -0.05) is 34.6 Å². The van der Waals surface area contributed by atoms with Crippen LogP contribution in [0.25, 0.3) is 0 Å². The van der Waals surface area contributed by atoms with E-state index in [1.54, 1.807) is 20.8 Å². The van der Waals surface area contributed by atoms with E-state index in [9.17, 15) is 9.59 Å². The Labute approximate surface area is 123 Å². The average molecular weight is 285 g/mol. The first kappa shape index (κ1) is 19.1. The van der Waals surface area contributed by atoms with Crippen molar-refractivity contribution < 1.29 is 14.3 Å². The summed E-state index contributed by atoms with van der Waals surface area (Å²) >= 11 is 0. The number of carbonyl (C=O) groups is 2. The van der Waals surface area contributed by atoms with E-state index in [0.29, 0.717) is 12.3 Å². The Balaban J connectivity index is 5.07. The van der Waals surface area contributed by atoms with Gasteiger partial charge in [0.15, 0.2) is 5.78 Å². The van der Waals surface area contributed by atoms with Crippen LogP contribution in [0.5, 0.6) is 0 Å². The number of carbonyl (C=O) groups excluding carboxylic acids is 2. The van der Waals surface area contributed by atoms with Gasteiger partial charge in [-0.2, -0.15) is 0 Å². The third-order valence-electron chi connectivity index (χ3n) is 3.02. The van der Waals surface area contributed by atoms with E-state index >= 15 is 0 Å². The van der Waals surface area contributed by atoms with Crippen molar-refractivity contribution in [3.63, 3.8) is 0 Å². The predicted molar refractivity (Wildman–Crippen MR) is 81.2 cm³/mol. The molecule has 2 atom stereocenters. The number of ether oxygens (including phenoxy) is 1. The van der Waals surface area contributed by atoms with Crippen LogP contribution < -0.4 is 5.73 Å². The normalized spacial score (nSPS) is 15.9. The molecule has 0 saturated carbocycles. The smallest absolute Gasteiger partial charge is 0.311 e. The predicted octanol–water partition coefficient (Wildman–Crippen LogP) is 2.93. The molecular weight excluding hydrogens is 254 g/mol. The minimum atomic E-state index is -0.774. The summed E-state index contributed by atoms with van der Waals surface area (Å²) in [6.45, 7) is 14.9. The summed E-state index contributed by atoms with van der Waals surface area (Å²) in [5, 5.41) is 0. The maximum atomic E-state index is 12.3. The van der Waals surface area contributed by atoms with Gasteiger partial charge in [-0.15, -0.1) is 0 Å². The molecule has 0 bridgehead atoms. The number of hydrogen-bond acceptors (Lipinski definition) is 4. The summed E-state index contributed by atoms with van der Waals surface area (Å²) in [6.07, 6.45) is 0.0265. The number of esters is 1. The highest BCUT2D eigenvalue weighted by Crippen LogP contribution is 2.24. The van der Waals surface area contributed by atoms with Gasteiger partial charge in [0.25, 0.3) is 0 Å². The molecule has 0 aliphatic rings. The lowest BCUT2D eigenvalue weighted by atomic mass is 9.83. The average Bonchev–Trinajstić information content (AvgIpc) is 2.22. The lowest BCUT2D eigenvalue weighted by Crippen LogP contribution is -2.50. The van der Waals surface area contributed by atoms with E-state index in [0.717, 1.165) is 0 Å². The first-order valence-electron chi connectivity index (χ1n) is 7.27. The monoisotopic (exact) mass is 285 g/mol. The number of Topliss-reactive ketones (excluding diaryl/α,β-unsaturated/α-hetero) is 1. The second-order valence-electron chi connectivity index (χ2n) is 7.96. The van der Waals surface area contributed by atoms with Crippen molar-refractivity contribution in [2.75, 3.05) is 0 Å². The second kappa shape index (κ2) is 6.70. The molecule has 4 nitrogen and oxygen atoms in total. The molecule has 0 aromatic heterocycles. The van der Waals surface area contributed by atoms with Crippen LogP contribution in [0.1, 0.15) is 61.8 Å². The van der Waals surface area contributed by atoms with E-state index < -0.39 is 23.0 Å². The molecule has 0 aliphatic heterocycles. The molecule has 0 radical (unpaired) electrons. The Hall–Kier alpha value is -0.900. The molecule has 0 aromatic carbocycles. The Morgan fingerprint density at radius 1 is 1.00 bits per heavy atom. The highest BCUT2D eigenvalue weighted by molar-refractivity contribution is 5.89. The molecule has 2 unspecified atom stereocenters. The number of hydrogen-bond donors (Lipinski definition) is 1. The van der Waals surface area contributed by atoms with Gasteiger partial charge in [0.1, 0.15) is 12.1 Å². The molecule has 0 spiro atoms. The van der Waals surface area contributed by atoms with Crippen LogP contribution >= 0.6 is 0 Å². The lowest BCUT2D eigenvalue weighted by Gasteiger charge is -2.31. The quantitative estimate of drug-likeness (QED) is 0.788. The molecule has 0 fully saturated rings. The molecule has 0 saturated heterocycles. The maximum Gasteiger partial charge on any atom is 0.311 e. The van der Waals surface area contributed by atoms with Crippen LogP contribution in [-0.4, -0.2) is 23.9 Å². The largest absolute Gasteiger partial charge is 0.460 e. The van der Waals surface area contributed by atoms with Gasteiger partial charge < -0.3 is 10.5 Å². The second-order valence-corrected chi connectivity index (χ2v) is 7.96. The van der Waals surface area contributed by atoms with E-state index in [2.05, 4.69) is 0 Å². The molecule has 0 amide bonds. The molecular formula is C16H31NO3. The third kappa shape index (κ3) is 6.04. The van der Waals surface area contributed by atoms with Crippen molar-refractivity contribution in [2.45, 2.75) is 74.0 Å². The van der Waals surface area contributed by atoms with Gasteiger partial charge in [-0.05, 0) is 33.1 Å². The van der Waals surface area contributed by atoms with Crippen molar-refractivity contribution in [3.05, 3.63) is 0 Å². The Bertz CT molecular complexity index is 348. The summed E-state index contributed by atoms with van der Waals surface area (Å²) in [6, 6.07) is -0.774. The zero-order valence-electron chi connectivity index (χ0n) is 14.2. The summed E-state index contributed by atoms with van der Waals surface area (Å²) in [5.41, 5.74) is 4.92. The highest BCUT2D eigenvalue weighted by atomic mass is 16.5. The van der Waals surface area contributed by atoms with E-state index in [4.69, 9.17) is 10.5 Å². The van der Waals surface area contributed by atoms with Crippen LogP contribution in [0.15, 0.2) is 0 Å². The number of ketones is 1. The Kier molecular flexibility index (Phi) is 6.40. The van der Waals surface area contributed by atoms with Crippen LogP contribution in [0.2, 0.25) is 0 Å². The third-order valence-corrected chi connectivity index (χ3v) is 3.02. The highest BCUT2D eigenvalue weighted by Gasteiger charge is 2.36. The van der Waals surface area contributed by atoms with Gasteiger partial charge in [-0.25, -0.2) is 0 Å². The van der Waals surface area contributed by atoms with Crippen LogP contribution in [0.4, 0.5) is 0 Å². The molecule has 4 heteroatoms. The van der Waals surface area contributed by atoms with Crippen molar-refractivity contribution in [1.29, 1.82) is 0 Å². The molecule has 0 rings (SSSR count). The molecule has 20 heavy (non-hydrogen) atoms. The summed E-state index contributed by atoms with van der Waals surface area (Å²) in [7, 11) is 0. The summed E-state index contributed by atoms with van der Waals surface area (Å²) in [5.74, 6) is -0.100. The van der Waals surface area contributed by atoms with Gasteiger partial charge in [0, 0.05) is 5.41 Å². The van der Waals surface area contributed by atoms with E-state index in [1.807, 2.05) is 34.6 Å². The first-order chi connectivity index (χ1) is 8.76. The van der Waals surface area contributed by atoms with Gasteiger partial charge >= 0.3 is 5.97 Å². The van der Waals surface area contributed by atoms with E-state index in [-0.39, 0.29) is 11.8 Å². The summed E-state index contributed by atoms with van der Waals surface area (Å²) < 4.78 is 5.52. The zero-order chi connectivity index (χ0) is 16.3. The molecule has 118 valence electrons. The van der Waals surface area contributed by atoms with Gasteiger partial charge in [-0.3, -0.25) is 9.59 Å². The maximum absolute atomic E-state index is 12.3. The molecule has 0 aliphatic carbocycles. The van der Waals surface area contributed by atoms with Crippen molar-refractivity contribution >= 4 is 11.8 Å². The van der Waals surface area contributed by atoms with Crippen LogP contribution in [0.3, 0.4) is 0 Å². The number of rotatable bonds is 5. The Morgan fingerprint density at radius 2 is 1.45 bits per heavy atom. The molecule has 2 N–H and O–H groups in total. The van der Waals surface area contributed by atoms with Crippen molar-refractivity contribution in [1.82, 2.24) is 0 Å². The standard InChI is InChI=1S/C16H31NO3/c1-10(2)9-11(20-14(19)16(6,7)8)12(17)13(18)15(3,4)5/h10-12H,9,17H2,1-8H3. The van der Waals surface area contributed by atoms with Crippen LogP contribution in [0, 0.1) is 16.7 Å². The fourth-order valence-corrected chi connectivity index (χ4v) is 1.72.